The van der Waals surface area contributed by atoms with Gasteiger partial charge in [0, 0.05) is 33.2 Å². The van der Waals surface area contributed by atoms with E-state index in [-0.39, 0.29) is 11.8 Å². The van der Waals surface area contributed by atoms with Gasteiger partial charge in [-0.1, -0.05) is 30.3 Å². The van der Waals surface area contributed by atoms with E-state index in [2.05, 4.69) is 5.32 Å². The molecule has 2 fully saturated rings. The Labute approximate surface area is 168 Å². The number of nitrogens with zero attached hydrogens (tertiary/aromatic N) is 1. The van der Waals surface area contributed by atoms with Gasteiger partial charge >= 0.3 is 0 Å². The molecule has 1 aliphatic carbocycles. The van der Waals surface area contributed by atoms with Gasteiger partial charge in [-0.2, -0.15) is 0 Å². The smallest absolute Gasteiger partial charge is 0.226 e. The number of likely N-dealkylation sites (tertiary alicyclic amines) is 1. The second-order valence-electron chi connectivity index (χ2n) is 8.53. The minimum absolute atomic E-state index is 0.152. The maximum atomic E-state index is 12.6. The van der Waals surface area contributed by atoms with Crippen molar-refractivity contribution in [3.63, 3.8) is 0 Å². The largest absolute Gasteiger partial charge is 0.383 e. The van der Waals surface area contributed by atoms with Crippen LogP contribution >= 0.6 is 0 Å². The molecule has 1 aliphatic heterocycles. The first-order chi connectivity index (χ1) is 13.6. The standard InChI is InChI=1S/C23H34N2O3/c1-28-16-13-24-21(26)17-20-7-9-23(10-8-20)11-14-25(15-12-23)22(27)18-19-5-3-2-4-6-19/h2-6,20H,7-18H2,1H3,(H,24,26). The molecule has 0 radical (unpaired) electrons. The highest BCUT2D eigenvalue weighted by molar-refractivity contribution is 5.79. The Kier molecular flexibility index (Phi) is 7.49. The van der Waals surface area contributed by atoms with Crippen LogP contribution in [0.3, 0.4) is 0 Å². The van der Waals surface area contributed by atoms with E-state index in [4.69, 9.17) is 4.74 Å². The highest BCUT2D eigenvalue weighted by Crippen LogP contribution is 2.47. The van der Waals surface area contributed by atoms with Crippen LogP contribution in [0.4, 0.5) is 0 Å². The van der Waals surface area contributed by atoms with E-state index >= 15 is 0 Å². The average molecular weight is 387 g/mol. The molecule has 0 bridgehead atoms. The molecule has 1 saturated heterocycles. The van der Waals surface area contributed by atoms with Gasteiger partial charge in [0.1, 0.15) is 0 Å². The quantitative estimate of drug-likeness (QED) is 0.732. The number of carbonyl (C=O) groups excluding carboxylic acids is 2. The van der Waals surface area contributed by atoms with Crippen molar-refractivity contribution in [1.82, 2.24) is 10.2 Å². The van der Waals surface area contributed by atoms with Crippen molar-refractivity contribution >= 4 is 11.8 Å². The van der Waals surface area contributed by atoms with Gasteiger partial charge in [0.25, 0.3) is 0 Å². The maximum Gasteiger partial charge on any atom is 0.226 e. The molecule has 1 spiro atoms. The number of carbonyl (C=O) groups is 2. The monoisotopic (exact) mass is 386 g/mol. The Morgan fingerprint density at radius 1 is 1.11 bits per heavy atom. The first-order valence-corrected chi connectivity index (χ1v) is 10.7. The number of hydrogen-bond acceptors (Lipinski definition) is 3. The number of piperidine rings is 1. The average Bonchev–Trinajstić information content (AvgIpc) is 2.71. The van der Waals surface area contributed by atoms with E-state index in [1.54, 1.807) is 7.11 Å². The molecule has 28 heavy (non-hydrogen) atoms. The van der Waals surface area contributed by atoms with E-state index < -0.39 is 0 Å². The minimum Gasteiger partial charge on any atom is -0.383 e. The van der Waals surface area contributed by atoms with Gasteiger partial charge in [0.15, 0.2) is 0 Å². The topological polar surface area (TPSA) is 58.6 Å². The van der Waals surface area contributed by atoms with E-state index in [1.165, 1.54) is 12.8 Å². The molecule has 2 aliphatic rings. The lowest BCUT2D eigenvalue weighted by Crippen LogP contribution is -2.45. The summed E-state index contributed by atoms with van der Waals surface area (Å²) in [7, 11) is 1.65. The third kappa shape index (κ3) is 5.81. The van der Waals surface area contributed by atoms with E-state index in [9.17, 15) is 9.59 Å². The predicted octanol–water partition coefficient (Wildman–Crippen LogP) is 3.18. The summed E-state index contributed by atoms with van der Waals surface area (Å²) < 4.78 is 4.97. The molecule has 154 valence electrons. The third-order valence-corrected chi connectivity index (χ3v) is 6.64. The van der Waals surface area contributed by atoms with Gasteiger partial charge in [0.05, 0.1) is 13.0 Å². The van der Waals surface area contributed by atoms with Crippen LogP contribution in [0.25, 0.3) is 0 Å². The Balaban J connectivity index is 1.39. The van der Waals surface area contributed by atoms with Crippen LogP contribution in [0.2, 0.25) is 0 Å². The molecule has 0 aromatic heterocycles. The Hall–Kier alpha value is -1.88. The highest BCUT2D eigenvalue weighted by Gasteiger charge is 2.39. The van der Waals surface area contributed by atoms with Gasteiger partial charge in [-0.05, 0) is 55.4 Å². The molecule has 5 nitrogen and oxygen atoms in total. The first-order valence-electron chi connectivity index (χ1n) is 10.7. The summed E-state index contributed by atoms with van der Waals surface area (Å²) in [5.41, 5.74) is 1.49. The summed E-state index contributed by atoms with van der Waals surface area (Å²) in [6.45, 7) is 2.93. The second kappa shape index (κ2) is 10.1. The molecule has 0 atom stereocenters. The number of hydrogen-bond donors (Lipinski definition) is 1. The number of methoxy groups -OCH3 is 1. The van der Waals surface area contributed by atoms with Crippen LogP contribution in [0.1, 0.15) is 50.5 Å². The maximum absolute atomic E-state index is 12.6. The van der Waals surface area contributed by atoms with Gasteiger partial charge in [-0.15, -0.1) is 0 Å². The molecular formula is C23H34N2O3. The SMILES string of the molecule is COCCNC(=O)CC1CCC2(CC1)CCN(C(=O)Cc1ccccc1)CC2. The number of amides is 2. The predicted molar refractivity (Wildman–Crippen MR) is 110 cm³/mol. The molecule has 3 rings (SSSR count). The van der Waals surface area contributed by atoms with Gasteiger partial charge < -0.3 is 15.0 Å². The number of benzene rings is 1. The van der Waals surface area contributed by atoms with Crippen molar-refractivity contribution in [2.45, 2.75) is 51.4 Å². The zero-order valence-corrected chi connectivity index (χ0v) is 17.1. The Morgan fingerprint density at radius 3 is 2.43 bits per heavy atom. The summed E-state index contributed by atoms with van der Waals surface area (Å²) >= 11 is 0. The van der Waals surface area contributed by atoms with Crippen molar-refractivity contribution in [2.75, 3.05) is 33.4 Å². The molecular weight excluding hydrogens is 352 g/mol. The summed E-state index contributed by atoms with van der Waals surface area (Å²) in [6.07, 6.45) is 8.04. The molecule has 5 heteroatoms. The van der Waals surface area contributed by atoms with Crippen molar-refractivity contribution in [3.8, 4) is 0 Å². The lowest BCUT2D eigenvalue weighted by atomic mass is 9.65. The van der Waals surface area contributed by atoms with Gasteiger partial charge in [-0.3, -0.25) is 9.59 Å². The molecule has 1 aromatic carbocycles. The van der Waals surface area contributed by atoms with E-state index in [0.29, 0.717) is 37.3 Å². The van der Waals surface area contributed by atoms with E-state index in [0.717, 1.165) is 44.3 Å². The van der Waals surface area contributed by atoms with Crippen LogP contribution in [0.15, 0.2) is 30.3 Å². The second-order valence-corrected chi connectivity index (χ2v) is 8.53. The lowest BCUT2D eigenvalue weighted by Gasteiger charge is -2.46. The Morgan fingerprint density at radius 2 is 1.79 bits per heavy atom. The van der Waals surface area contributed by atoms with Crippen LogP contribution in [0, 0.1) is 11.3 Å². The Bertz CT molecular complexity index is 629. The van der Waals surface area contributed by atoms with E-state index in [1.807, 2.05) is 35.2 Å². The van der Waals surface area contributed by atoms with Crippen LogP contribution in [0.5, 0.6) is 0 Å². The van der Waals surface area contributed by atoms with Gasteiger partial charge in [0.2, 0.25) is 11.8 Å². The highest BCUT2D eigenvalue weighted by atomic mass is 16.5. The lowest BCUT2D eigenvalue weighted by molar-refractivity contribution is -0.133. The molecule has 1 N–H and O–H groups in total. The first kappa shape index (κ1) is 20.8. The van der Waals surface area contributed by atoms with Crippen LogP contribution in [-0.2, 0) is 20.7 Å². The van der Waals surface area contributed by atoms with Crippen molar-refractivity contribution in [3.05, 3.63) is 35.9 Å². The fraction of sp³-hybridized carbons (Fsp3) is 0.652. The summed E-state index contributed by atoms with van der Waals surface area (Å²) in [4.78, 5) is 26.7. The molecule has 1 heterocycles. The number of nitrogens with one attached hydrogen (secondary N) is 1. The molecule has 0 unspecified atom stereocenters. The van der Waals surface area contributed by atoms with Crippen molar-refractivity contribution in [1.29, 1.82) is 0 Å². The zero-order chi connectivity index (χ0) is 19.8. The van der Waals surface area contributed by atoms with Crippen LogP contribution < -0.4 is 5.32 Å². The minimum atomic E-state index is 0.152. The van der Waals surface area contributed by atoms with Gasteiger partial charge in [-0.25, -0.2) is 0 Å². The normalized spacial score (nSPS) is 19.5. The number of ether oxygens (including phenoxy) is 1. The molecule has 1 aromatic rings. The fourth-order valence-corrected chi connectivity index (χ4v) is 4.73. The molecule has 2 amide bonds. The summed E-state index contributed by atoms with van der Waals surface area (Å²) in [5, 5.41) is 2.93. The van der Waals surface area contributed by atoms with Crippen LogP contribution in [-0.4, -0.2) is 50.1 Å². The zero-order valence-electron chi connectivity index (χ0n) is 17.1. The van der Waals surface area contributed by atoms with Crippen molar-refractivity contribution < 1.29 is 14.3 Å². The fourth-order valence-electron chi connectivity index (χ4n) is 4.73. The summed E-state index contributed by atoms with van der Waals surface area (Å²) in [6, 6.07) is 10.0. The number of rotatable bonds is 7. The third-order valence-electron chi connectivity index (χ3n) is 6.64. The summed E-state index contributed by atoms with van der Waals surface area (Å²) in [5.74, 6) is 0.910. The molecule has 1 saturated carbocycles. The van der Waals surface area contributed by atoms with Crippen molar-refractivity contribution in [2.24, 2.45) is 11.3 Å².